The van der Waals surface area contributed by atoms with Crippen LogP contribution in [0.25, 0.3) is 21.7 Å². The Hall–Kier alpha value is -3.46. The maximum absolute atomic E-state index is 13.8. The summed E-state index contributed by atoms with van der Waals surface area (Å²) < 4.78 is 11.8. The fourth-order valence-corrected chi connectivity index (χ4v) is 7.31. The van der Waals surface area contributed by atoms with Crippen LogP contribution in [-0.2, 0) is 0 Å². The largest absolute Gasteiger partial charge is 0.507 e. The van der Waals surface area contributed by atoms with E-state index in [0.717, 1.165) is 46.9 Å². The molecule has 7 rings (SSSR count). The fraction of sp³-hybridized carbons (Fsp3) is 0.387. The first-order chi connectivity index (χ1) is 19.4. The molecule has 0 unspecified atom stereocenters. The Morgan fingerprint density at radius 2 is 1.88 bits per heavy atom. The lowest BCUT2D eigenvalue weighted by Gasteiger charge is -2.59. The van der Waals surface area contributed by atoms with Gasteiger partial charge in [0.05, 0.1) is 12.8 Å². The first-order valence-electron chi connectivity index (χ1n) is 13.7. The zero-order valence-corrected chi connectivity index (χ0v) is 23.5. The van der Waals surface area contributed by atoms with Crippen molar-refractivity contribution in [2.24, 2.45) is 5.41 Å². The number of aromatic nitrogens is 1. The summed E-state index contributed by atoms with van der Waals surface area (Å²) in [6.45, 7) is 6.56. The predicted molar refractivity (Wildman–Crippen MR) is 157 cm³/mol. The van der Waals surface area contributed by atoms with Crippen LogP contribution in [0.3, 0.4) is 0 Å². The quantitative estimate of drug-likeness (QED) is 0.320. The third kappa shape index (κ3) is 4.08. The van der Waals surface area contributed by atoms with Gasteiger partial charge in [0, 0.05) is 84.9 Å². The van der Waals surface area contributed by atoms with Gasteiger partial charge in [-0.25, -0.2) is 0 Å². The van der Waals surface area contributed by atoms with Gasteiger partial charge in [-0.1, -0.05) is 24.3 Å². The van der Waals surface area contributed by atoms with E-state index in [9.17, 15) is 9.90 Å². The van der Waals surface area contributed by atoms with Crippen LogP contribution < -0.4 is 14.4 Å². The maximum atomic E-state index is 13.8. The summed E-state index contributed by atoms with van der Waals surface area (Å²) in [5.41, 5.74) is 3.46. The van der Waals surface area contributed by atoms with Crippen LogP contribution >= 0.6 is 11.6 Å². The van der Waals surface area contributed by atoms with E-state index in [2.05, 4.69) is 21.8 Å². The lowest BCUT2D eigenvalue weighted by molar-refractivity contribution is -0.106. The van der Waals surface area contributed by atoms with E-state index < -0.39 is 0 Å². The number of aromatic amines is 1. The van der Waals surface area contributed by atoms with Crippen LogP contribution in [0.2, 0.25) is 0 Å². The van der Waals surface area contributed by atoms with Crippen LogP contribution in [-0.4, -0.2) is 91.7 Å². The predicted octanol–water partition coefficient (Wildman–Crippen LogP) is 4.64. The normalized spacial score (nSPS) is 20.1. The van der Waals surface area contributed by atoms with E-state index >= 15 is 0 Å². The van der Waals surface area contributed by atoms with E-state index in [0.29, 0.717) is 47.3 Å². The molecule has 4 heterocycles. The SMILES string of the molecule is COc1cc2[nH]c(C(=O)N3C[C@@H](CCl)c4c3cc(O)c3ccccc43)cc2cc1OCCN1CC2(CN(C)C2)C1. The number of methoxy groups -OCH3 is 1. The number of carbonyl (C=O) groups is 1. The highest BCUT2D eigenvalue weighted by atomic mass is 35.5. The molecule has 1 aromatic heterocycles. The molecule has 2 saturated heterocycles. The number of phenols is 1. The number of nitrogens with one attached hydrogen (secondary N) is 1. The molecule has 3 aliphatic rings. The number of carbonyl (C=O) groups excluding carboxylic acids is 1. The van der Waals surface area contributed by atoms with Gasteiger partial charge in [-0.2, -0.15) is 0 Å². The summed E-state index contributed by atoms with van der Waals surface area (Å²) in [4.78, 5) is 23.6. The number of fused-ring (bicyclic) bond motifs is 4. The summed E-state index contributed by atoms with van der Waals surface area (Å²) in [6.07, 6.45) is 0. The number of nitrogens with zero attached hydrogens (tertiary/aromatic N) is 3. The molecule has 1 spiro atoms. The number of rotatable bonds is 7. The van der Waals surface area contributed by atoms with Crippen molar-refractivity contribution in [2.75, 3.05) is 70.8 Å². The zero-order valence-electron chi connectivity index (χ0n) is 22.7. The van der Waals surface area contributed by atoms with Crippen molar-refractivity contribution in [3.63, 3.8) is 0 Å². The molecule has 1 atom stereocenters. The lowest BCUT2D eigenvalue weighted by atomic mass is 9.73. The number of anilines is 1. The van der Waals surface area contributed by atoms with E-state index in [4.69, 9.17) is 21.1 Å². The van der Waals surface area contributed by atoms with Crippen molar-refractivity contribution in [3.8, 4) is 17.2 Å². The first kappa shape index (κ1) is 25.5. The topological polar surface area (TPSA) is 81.3 Å². The molecule has 2 N–H and O–H groups in total. The second-order valence-corrected chi connectivity index (χ2v) is 12.0. The van der Waals surface area contributed by atoms with Gasteiger partial charge in [-0.15, -0.1) is 11.6 Å². The molecule has 1 amide bonds. The van der Waals surface area contributed by atoms with E-state index in [1.165, 1.54) is 13.1 Å². The number of alkyl halides is 1. The van der Waals surface area contributed by atoms with Gasteiger partial charge in [-0.05, 0) is 30.1 Å². The van der Waals surface area contributed by atoms with Crippen molar-refractivity contribution in [1.82, 2.24) is 14.8 Å². The number of phenolic OH excluding ortho intramolecular Hbond substituents is 1. The average Bonchev–Trinajstić information content (AvgIpc) is 3.51. The van der Waals surface area contributed by atoms with Crippen molar-refractivity contribution in [1.29, 1.82) is 0 Å². The molecule has 9 heteroatoms. The number of halogens is 1. The minimum Gasteiger partial charge on any atom is -0.507 e. The second kappa shape index (κ2) is 9.58. The Bertz CT molecular complexity index is 1620. The van der Waals surface area contributed by atoms with Crippen LogP contribution in [0.15, 0.2) is 48.5 Å². The number of ether oxygens (including phenoxy) is 2. The molecule has 0 radical (unpaired) electrons. The summed E-state index contributed by atoms with van der Waals surface area (Å²) in [5, 5.41) is 13.3. The molecular formula is C31H33ClN4O4. The van der Waals surface area contributed by atoms with E-state index in [1.54, 1.807) is 18.1 Å². The molecule has 0 aliphatic carbocycles. The fourth-order valence-electron chi connectivity index (χ4n) is 7.06. The Morgan fingerprint density at radius 3 is 2.60 bits per heavy atom. The van der Waals surface area contributed by atoms with Gasteiger partial charge in [-0.3, -0.25) is 9.69 Å². The minimum atomic E-state index is -0.172. The minimum absolute atomic E-state index is 0.0259. The molecular weight excluding hydrogens is 528 g/mol. The van der Waals surface area contributed by atoms with Crippen LogP contribution in [0, 0.1) is 5.41 Å². The van der Waals surface area contributed by atoms with Gasteiger partial charge >= 0.3 is 0 Å². The highest BCUT2D eigenvalue weighted by Crippen LogP contribution is 2.46. The molecule has 4 aromatic rings. The Balaban J connectivity index is 1.11. The summed E-state index contributed by atoms with van der Waals surface area (Å²) in [7, 11) is 3.80. The smallest absolute Gasteiger partial charge is 0.274 e. The summed E-state index contributed by atoms with van der Waals surface area (Å²) in [5.74, 6) is 1.62. The third-order valence-electron chi connectivity index (χ3n) is 8.71. The van der Waals surface area contributed by atoms with Crippen molar-refractivity contribution >= 4 is 44.9 Å². The van der Waals surface area contributed by atoms with Crippen molar-refractivity contribution in [3.05, 3.63) is 59.8 Å². The van der Waals surface area contributed by atoms with Gasteiger partial charge in [0.15, 0.2) is 11.5 Å². The van der Waals surface area contributed by atoms with Crippen LogP contribution in [0.5, 0.6) is 17.2 Å². The monoisotopic (exact) mass is 560 g/mol. The molecule has 3 aromatic carbocycles. The average molecular weight is 561 g/mol. The molecule has 2 fully saturated rings. The molecule has 0 bridgehead atoms. The zero-order chi connectivity index (χ0) is 27.6. The van der Waals surface area contributed by atoms with Crippen molar-refractivity contribution in [2.45, 2.75) is 5.92 Å². The standard InChI is InChI=1S/C31H33ClN4O4/c1-34-15-31(16-34)17-35(18-31)7-8-40-28-10-19-9-24(33-23(19)11-27(28)39-2)30(38)36-14-20(13-32)29-22-6-4-3-5-21(22)26(37)12-25(29)36/h3-6,9-12,20,33,37H,7-8,13-18H2,1-2H3/t20-/m1/s1. The first-order valence-corrected chi connectivity index (χ1v) is 14.3. The third-order valence-corrected chi connectivity index (χ3v) is 9.08. The Morgan fingerprint density at radius 1 is 1.10 bits per heavy atom. The lowest BCUT2D eigenvalue weighted by Crippen LogP contribution is -2.71. The Labute approximate surface area is 238 Å². The second-order valence-electron chi connectivity index (χ2n) is 11.6. The molecule has 0 saturated carbocycles. The van der Waals surface area contributed by atoms with Gasteiger partial charge < -0.3 is 29.4 Å². The molecule has 40 heavy (non-hydrogen) atoms. The maximum Gasteiger partial charge on any atom is 0.274 e. The number of amides is 1. The highest BCUT2D eigenvalue weighted by Gasteiger charge is 2.49. The number of hydrogen-bond acceptors (Lipinski definition) is 6. The van der Waals surface area contributed by atoms with Gasteiger partial charge in [0.25, 0.3) is 5.91 Å². The Kier molecular flexibility index (Phi) is 6.11. The van der Waals surface area contributed by atoms with E-state index in [1.807, 2.05) is 42.5 Å². The number of H-pyrrole nitrogens is 1. The number of hydrogen-bond donors (Lipinski definition) is 2. The summed E-state index contributed by atoms with van der Waals surface area (Å²) in [6, 6.07) is 15.0. The van der Waals surface area contributed by atoms with Crippen LogP contribution in [0.1, 0.15) is 22.0 Å². The molecule has 3 aliphatic heterocycles. The molecule has 208 valence electrons. The van der Waals surface area contributed by atoms with Crippen molar-refractivity contribution < 1.29 is 19.4 Å². The number of likely N-dealkylation sites (tertiary alicyclic amines) is 2. The van der Waals surface area contributed by atoms with Gasteiger partial charge in [0.2, 0.25) is 0 Å². The number of aromatic hydroxyl groups is 1. The van der Waals surface area contributed by atoms with Gasteiger partial charge in [0.1, 0.15) is 18.1 Å². The van der Waals surface area contributed by atoms with Crippen LogP contribution in [0.4, 0.5) is 5.69 Å². The van der Waals surface area contributed by atoms with E-state index in [-0.39, 0.29) is 17.6 Å². The highest BCUT2D eigenvalue weighted by molar-refractivity contribution is 6.19. The summed E-state index contributed by atoms with van der Waals surface area (Å²) >= 11 is 6.37. The number of benzene rings is 3. The molecule has 8 nitrogen and oxygen atoms in total.